The first-order valence-corrected chi connectivity index (χ1v) is 7.61. The van der Waals surface area contributed by atoms with Gasteiger partial charge in [0.2, 0.25) is 0 Å². The van der Waals surface area contributed by atoms with Gasteiger partial charge in [-0.1, -0.05) is 26.0 Å². The van der Waals surface area contributed by atoms with Crippen molar-refractivity contribution in [3.8, 4) is 16.9 Å². The zero-order valence-electron chi connectivity index (χ0n) is 13.6. The van der Waals surface area contributed by atoms with E-state index in [4.69, 9.17) is 9.84 Å². The summed E-state index contributed by atoms with van der Waals surface area (Å²) < 4.78 is 46.3. The number of amides is 1. The molecule has 2 aromatic carbocycles. The van der Waals surface area contributed by atoms with Crippen molar-refractivity contribution in [3.05, 3.63) is 53.3 Å². The number of carboxylic acid groups (broad SMARTS) is 1. The van der Waals surface area contributed by atoms with Gasteiger partial charge in [0.05, 0.1) is 12.6 Å². The Morgan fingerprint density at radius 1 is 1.20 bits per heavy atom. The van der Waals surface area contributed by atoms with Crippen molar-refractivity contribution in [2.75, 3.05) is 6.61 Å². The highest BCUT2D eigenvalue weighted by Crippen LogP contribution is 2.44. The maximum absolute atomic E-state index is 14.0. The number of rotatable bonds is 2. The van der Waals surface area contributed by atoms with Gasteiger partial charge >= 0.3 is 6.09 Å². The molecule has 2 N–H and O–H groups in total. The van der Waals surface area contributed by atoms with E-state index in [1.54, 1.807) is 6.07 Å². The van der Waals surface area contributed by atoms with Crippen molar-refractivity contribution in [1.82, 2.24) is 5.32 Å². The monoisotopic (exact) mass is 351 g/mol. The Balaban J connectivity index is 2.06. The molecule has 7 heteroatoms. The molecular weight excluding hydrogens is 335 g/mol. The zero-order valence-corrected chi connectivity index (χ0v) is 13.6. The summed E-state index contributed by atoms with van der Waals surface area (Å²) in [5.41, 5.74) is 0.326. The van der Waals surface area contributed by atoms with Crippen LogP contribution in [-0.4, -0.2) is 17.8 Å². The molecule has 25 heavy (non-hydrogen) atoms. The fourth-order valence-corrected chi connectivity index (χ4v) is 2.98. The van der Waals surface area contributed by atoms with Crippen LogP contribution in [0.4, 0.5) is 18.0 Å². The van der Waals surface area contributed by atoms with E-state index >= 15 is 0 Å². The lowest BCUT2D eigenvalue weighted by Crippen LogP contribution is -2.43. The standard InChI is InChI=1S/C18H16F3NO3/c1-18(2)8-25-13-7-9(3-4-11(13)16(18)22-17(23)24)10-5-6-12(19)15(21)14(10)20/h3-7,16,22H,8H2,1-2H3,(H,23,24). The average molecular weight is 351 g/mol. The number of hydrogen-bond donors (Lipinski definition) is 2. The van der Waals surface area contributed by atoms with E-state index in [0.29, 0.717) is 16.9 Å². The summed E-state index contributed by atoms with van der Waals surface area (Å²) in [6.45, 7) is 3.97. The predicted octanol–water partition coefficient (Wildman–Crippen LogP) is 4.50. The smallest absolute Gasteiger partial charge is 0.405 e. The van der Waals surface area contributed by atoms with Crippen LogP contribution in [0.25, 0.3) is 11.1 Å². The minimum atomic E-state index is -1.54. The molecule has 2 aromatic rings. The molecule has 0 fully saturated rings. The van der Waals surface area contributed by atoms with Crippen molar-refractivity contribution in [2.24, 2.45) is 5.41 Å². The van der Waals surface area contributed by atoms with Crippen LogP contribution in [-0.2, 0) is 0 Å². The van der Waals surface area contributed by atoms with Crippen LogP contribution in [0.2, 0.25) is 0 Å². The molecule has 0 bridgehead atoms. The Morgan fingerprint density at radius 2 is 1.92 bits per heavy atom. The molecule has 0 saturated heterocycles. The maximum atomic E-state index is 14.0. The fourth-order valence-electron chi connectivity index (χ4n) is 2.98. The Hall–Kier alpha value is -2.70. The topological polar surface area (TPSA) is 58.6 Å². The summed E-state index contributed by atoms with van der Waals surface area (Å²) in [6.07, 6.45) is -1.17. The number of nitrogens with one attached hydrogen (secondary N) is 1. The average Bonchev–Trinajstić information content (AvgIpc) is 2.55. The zero-order chi connectivity index (χ0) is 18.4. The van der Waals surface area contributed by atoms with Crippen molar-refractivity contribution in [2.45, 2.75) is 19.9 Å². The second kappa shape index (κ2) is 5.98. The van der Waals surface area contributed by atoms with Gasteiger partial charge in [0.1, 0.15) is 5.75 Å². The molecule has 4 nitrogen and oxygen atoms in total. The van der Waals surface area contributed by atoms with Gasteiger partial charge in [-0.3, -0.25) is 0 Å². The van der Waals surface area contributed by atoms with Crippen molar-refractivity contribution in [3.63, 3.8) is 0 Å². The maximum Gasteiger partial charge on any atom is 0.405 e. The van der Waals surface area contributed by atoms with E-state index < -0.39 is 35.0 Å². The molecular formula is C18H16F3NO3. The molecule has 0 aliphatic carbocycles. The third-order valence-electron chi connectivity index (χ3n) is 4.32. The Labute approximate surface area is 142 Å². The number of benzene rings is 2. The molecule has 0 aromatic heterocycles. The molecule has 132 valence electrons. The van der Waals surface area contributed by atoms with Crippen LogP contribution in [0.3, 0.4) is 0 Å². The van der Waals surface area contributed by atoms with Gasteiger partial charge in [0.15, 0.2) is 17.5 Å². The molecule has 1 heterocycles. The van der Waals surface area contributed by atoms with Crippen molar-refractivity contribution < 1.29 is 27.8 Å². The number of halogens is 3. The summed E-state index contributed by atoms with van der Waals surface area (Å²) in [7, 11) is 0. The highest BCUT2D eigenvalue weighted by molar-refractivity contribution is 5.69. The third-order valence-corrected chi connectivity index (χ3v) is 4.32. The first-order valence-electron chi connectivity index (χ1n) is 7.61. The minimum Gasteiger partial charge on any atom is -0.493 e. The van der Waals surface area contributed by atoms with Gasteiger partial charge in [-0.05, 0) is 23.8 Å². The van der Waals surface area contributed by atoms with E-state index in [-0.39, 0.29) is 12.2 Å². The molecule has 1 amide bonds. The van der Waals surface area contributed by atoms with Gasteiger partial charge in [0.25, 0.3) is 0 Å². The Kier molecular flexibility index (Phi) is 4.10. The summed E-state index contributed by atoms with van der Waals surface area (Å²) in [6, 6.07) is 6.11. The SMILES string of the molecule is CC1(C)COc2cc(-c3ccc(F)c(F)c3F)ccc2C1NC(=O)O. The Bertz CT molecular complexity index is 852. The van der Waals surface area contributed by atoms with E-state index in [2.05, 4.69) is 5.32 Å². The molecule has 0 saturated carbocycles. The Morgan fingerprint density at radius 3 is 2.60 bits per heavy atom. The first kappa shape index (κ1) is 17.1. The minimum absolute atomic E-state index is 0.0992. The van der Waals surface area contributed by atoms with E-state index in [1.165, 1.54) is 12.1 Å². The van der Waals surface area contributed by atoms with Gasteiger partial charge in [-0.25, -0.2) is 18.0 Å². The van der Waals surface area contributed by atoms with E-state index in [9.17, 15) is 18.0 Å². The van der Waals surface area contributed by atoms with E-state index in [0.717, 1.165) is 12.1 Å². The highest BCUT2D eigenvalue weighted by atomic mass is 19.2. The third kappa shape index (κ3) is 3.01. The summed E-state index contributed by atoms with van der Waals surface area (Å²) >= 11 is 0. The number of carbonyl (C=O) groups is 1. The molecule has 1 aliphatic heterocycles. The molecule has 3 rings (SSSR count). The van der Waals surface area contributed by atoms with Gasteiger partial charge < -0.3 is 15.2 Å². The fraction of sp³-hybridized carbons (Fsp3) is 0.278. The number of fused-ring (bicyclic) bond motifs is 1. The number of ether oxygens (including phenoxy) is 1. The van der Waals surface area contributed by atoms with Crippen LogP contribution in [0.5, 0.6) is 5.75 Å². The first-order chi connectivity index (χ1) is 11.7. The predicted molar refractivity (Wildman–Crippen MR) is 84.9 cm³/mol. The normalized spacial score (nSPS) is 18.2. The molecule has 0 spiro atoms. The summed E-state index contributed by atoms with van der Waals surface area (Å²) in [5.74, 6) is -3.71. The van der Waals surface area contributed by atoms with Crippen LogP contribution >= 0.6 is 0 Å². The van der Waals surface area contributed by atoms with Crippen molar-refractivity contribution in [1.29, 1.82) is 0 Å². The second-order valence-electron chi connectivity index (χ2n) is 6.64. The van der Waals surface area contributed by atoms with Crippen LogP contribution in [0, 0.1) is 22.9 Å². The lowest BCUT2D eigenvalue weighted by molar-refractivity contribution is 0.0996. The highest BCUT2D eigenvalue weighted by Gasteiger charge is 2.38. The summed E-state index contributed by atoms with van der Waals surface area (Å²) in [4.78, 5) is 11.1. The van der Waals surface area contributed by atoms with Crippen LogP contribution in [0.15, 0.2) is 30.3 Å². The van der Waals surface area contributed by atoms with Gasteiger partial charge in [-0.2, -0.15) is 0 Å². The molecule has 1 aliphatic rings. The molecule has 0 radical (unpaired) electrons. The van der Waals surface area contributed by atoms with Crippen LogP contribution in [0.1, 0.15) is 25.5 Å². The number of hydrogen-bond acceptors (Lipinski definition) is 2. The second-order valence-corrected chi connectivity index (χ2v) is 6.64. The quantitative estimate of drug-likeness (QED) is 0.784. The molecule has 1 atom stereocenters. The lowest BCUT2D eigenvalue weighted by Gasteiger charge is -2.39. The van der Waals surface area contributed by atoms with Gasteiger partial charge in [-0.15, -0.1) is 0 Å². The lowest BCUT2D eigenvalue weighted by atomic mass is 9.78. The molecule has 1 unspecified atom stereocenters. The van der Waals surface area contributed by atoms with Gasteiger partial charge in [0, 0.05) is 16.5 Å². The largest absolute Gasteiger partial charge is 0.493 e. The summed E-state index contributed by atoms with van der Waals surface area (Å²) in [5, 5.41) is 11.5. The van der Waals surface area contributed by atoms with E-state index in [1.807, 2.05) is 13.8 Å². The van der Waals surface area contributed by atoms with Crippen molar-refractivity contribution >= 4 is 6.09 Å². The van der Waals surface area contributed by atoms with Crippen LogP contribution < -0.4 is 10.1 Å².